The molecule has 0 aliphatic carbocycles. The molecule has 4 heteroatoms. The van der Waals surface area contributed by atoms with Crippen LogP contribution in [0.2, 0.25) is 0 Å². The maximum absolute atomic E-state index is 5.31. The minimum absolute atomic E-state index is 0.786. The van der Waals surface area contributed by atoms with E-state index in [0.29, 0.717) is 0 Å². The number of hydrogen-bond donors (Lipinski definition) is 0. The molecule has 1 aromatic carbocycles. The average Bonchev–Trinajstić information content (AvgIpc) is 2.33. The van der Waals surface area contributed by atoms with Gasteiger partial charge in [-0.3, -0.25) is 0 Å². The van der Waals surface area contributed by atoms with Crippen LogP contribution < -0.4 is 0 Å². The number of ether oxygens (including phenoxy) is 1. The van der Waals surface area contributed by atoms with Gasteiger partial charge in [-0.25, -0.2) is 0 Å². The van der Waals surface area contributed by atoms with E-state index in [1.165, 1.54) is 5.56 Å². The van der Waals surface area contributed by atoms with Crippen molar-refractivity contribution >= 4 is 26.4 Å². The fourth-order valence-corrected chi connectivity index (χ4v) is 2.16. The summed E-state index contributed by atoms with van der Waals surface area (Å²) in [5.74, 6) is 0. The predicted molar refractivity (Wildman–Crippen MR) is 66.4 cm³/mol. The van der Waals surface area contributed by atoms with E-state index in [9.17, 15) is 0 Å². The number of morpholine rings is 1. The summed E-state index contributed by atoms with van der Waals surface area (Å²) >= 11 is 3.03. The molecule has 2 rings (SSSR count). The zero-order chi connectivity index (χ0) is 11.4. The van der Waals surface area contributed by atoms with Gasteiger partial charge in [0.15, 0.2) is 0 Å². The van der Waals surface area contributed by atoms with Crippen molar-refractivity contribution in [1.29, 1.82) is 0 Å². The molecule has 16 heavy (non-hydrogen) atoms. The first-order chi connectivity index (χ1) is 7.75. The number of benzene rings is 1. The van der Waals surface area contributed by atoms with Gasteiger partial charge in [0.2, 0.25) is 0 Å². The molecule has 0 atom stereocenters. The summed E-state index contributed by atoms with van der Waals surface area (Å²) in [6.45, 7) is 5.48. The van der Waals surface area contributed by atoms with E-state index in [0.717, 1.165) is 36.7 Å². The van der Waals surface area contributed by atoms with Crippen LogP contribution in [0.5, 0.6) is 0 Å². The molecule has 1 heterocycles. The van der Waals surface area contributed by atoms with Gasteiger partial charge in [0.1, 0.15) is 0 Å². The van der Waals surface area contributed by atoms with Crippen molar-refractivity contribution in [1.82, 2.24) is 4.90 Å². The average molecular weight is 282 g/mol. The number of rotatable bonds is 1. The Kier molecular flexibility index (Phi) is 3.99. The number of aliphatic imine (C=N–C) groups is 1. The van der Waals surface area contributed by atoms with E-state index in [1.54, 1.807) is 0 Å². The summed E-state index contributed by atoms with van der Waals surface area (Å²) in [4.78, 5) is 6.77. The molecule has 0 saturated carbocycles. The Morgan fingerprint density at radius 3 is 2.50 bits per heavy atom. The Labute approximate surface area is 104 Å². The SMILES string of the molecule is Cc1ccc(N=C([Se])N2CCOCC2)cc1. The fourth-order valence-electron chi connectivity index (χ4n) is 1.56. The molecule has 0 spiro atoms. The summed E-state index contributed by atoms with van der Waals surface area (Å²) in [6, 6.07) is 8.22. The van der Waals surface area contributed by atoms with E-state index in [4.69, 9.17) is 4.74 Å². The molecule has 0 unspecified atom stereocenters. The minimum atomic E-state index is 0.786. The molecule has 1 fully saturated rings. The normalized spacial score (nSPS) is 17.6. The maximum atomic E-state index is 5.31. The van der Waals surface area contributed by atoms with Crippen molar-refractivity contribution in [2.24, 2.45) is 4.99 Å². The molecule has 85 valence electrons. The molecule has 1 saturated heterocycles. The van der Waals surface area contributed by atoms with Crippen LogP contribution in [0.25, 0.3) is 0 Å². The third-order valence-electron chi connectivity index (χ3n) is 2.54. The Morgan fingerprint density at radius 1 is 1.25 bits per heavy atom. The molecular formula is C12H15N2OSe. The van der Waals surface area contributed by atoms with Gasteiger partial charge in [-0.1, -0.05) is 0 Å². The molecule has 0 aromatic heterocycles. The van der Waals surface area contributed by atoms with Gasteiger partial charge in [0.05, 0.1) is 0 Å². The Balaban J connectivity index is 2.07. The second-order valence-corrected chi connectivity index (χ2v) is 4.60. The van der Waals surface area contributed by atoms with Crippen molar-refractivity contribution in [3.63, 3.8) is 0 Å². The Bertz CT molecular complexity index is 369. The second kappa shape index (κ2) is 5.48. The van der Waals surface area contributed by atoms with Crippen molar-refractivity contribution in [2.75, 3.05) is 26.3 Å². The third-order valence-corrected chi connectivity index (χ3v) is 3.27. The number of amidine groups is 1. The van der Waals surface area contributed by atoms with Crippen molar-refractivity contribution < 1.29 is 4.74 Å². The summed E-state index contributed by atoms with van der Waals surface area (Å²) in [7, 11) is 0. The van der Waals surface area contributed by atoms with Crippen molar-refractivity contribution in [3.8, 4) is 0 Å². The number of hydrogen-bond acceptors (Lipinski definition) is 2. The molecule has 0 bridgehead atoms. The Morgan fingerprint density at radius 2 is 1.88 bits per heavy atom. The van der Waals surface area contributed by atoms with E-state index in [-0.39, 0.29) is 0 Å². The molecule has 0 amide bonds. The summed E-state index contributed by atoms with van der Waals surface area (Å²) < 4.78 is 6.26. The van der Waals surface area contributed by atoms with Crippen LogP contribution in [-0.4, -0.2) is 51.9 Å². The van der Waals surface area contributed by atoms with Gasteiger partial charge in [0, 0.05) is 0 Å². The van der Waals surface area contributed by atoms with Crippen LogP contribution in [0, 0.1) is 6.92 Å². The first-order valence-electron chi connectivity index (χ1n) is 5.41. The topological polar surface area (TPSA) is 24.8 Å². The van der Waals surface area contributed by atoms with Crippen molar-refractivity contribution in [2.45, 2.75) is 6.92 Å². The van der Waals surface area contributed by atoms with Crippen LogP contribution in [-0.2, 0) is 4.74 Å². The standard InChI is InChI=1S/C12H15N2OSe/c1-10-2-4-11(5-3-10)13-12(16)14-6-8-15-9-7-14/h2-5H,6-9H2,1H3. The quantitative estimate of drug-likeness (QED) is 0.443. The van der Waals surface area contributed by atoms with E-state index < -0.39 is 0 Å². The molecule has 1 aliphatic rings. The van der Waals surface area contributed by atoms with Gasteiger partial charge < -0.3 is 0 Å². The predicted octanol–water partition coefficient (Wildman–Crippen LogP) is 1.48. The van der Waals surface area contributed by atoms with E-state index >= 15 is 0 Å². The number of nitrogens with zero attached hydrogens (tertiary/aromatic N) is 2. The van der Waals surface area contributed by atoms with Crippen LogP contribution in [0.4, 0.5) is 5.69 Å². The summed E-state index contributed by atoms with van der Waals surface area (Å²) in [6.07, 6.45) is 0. The summed E-state index contributed by atoms with van der Waals surface area (Å²) in [5, 5.41) is 0. The molecular weight excluding hydrogens is 267 g/mol. The van der Waals surface area contributed by atoms with Gasteiger partial charge in [0.25, 0.3) is 0 Å². The third kappa shape index (κ3) is 3.08. The summed E-state index contributed by atoms with van der Waals surface area (Å²) in [5.41, 5.74) is 2.25. The van der Waals surface area contributed by atoms with Gasteiger partial charge in [-0.2, -0.15) is 0 Å². The van der Waals surface area contributed by atoms with Crippen LogP contribution >= 0.6 is 0 Å². The molecule has 3 nitrogen and oxygen atoms in total. The van der Waals surface area contributed by atoms with Crippen molar-refractivity contribution in [3.05, 3.63) is 29.8 Å². The van der Waals surface area contributed by atoms with E-state index in [2.05, 4.69) is 45.0 Å². The zero-order valence-corrected chi connectivity index (χ0v) is 11.1. The van der Waals surface area contributed by atoms with Crippen LogP contribution in [0.1, 0.15) is 5.56 Å². The zero-order valence-electron chi connectivity index (χ0n) is 9.35. The molecule has 0 N–H and O–H groups in total. The first-order valence-corrected chi connectivity index (χ1v) is 6.26. The molecule has 1 radical (unpaired) electrons. The van der Waals surface area contributed by atoms with E-state index in [1.807, 2.05) is 12.1 Å². The monoisotopic (exact) mass is 283 g/mol. The van der Waals surface area contributed by atoms with Crippen LogP contribution in [0.15, 0.2) is 29.3 Å². The van der Waals surface area contributed by atoms with Gasteiger partial charge in [-0.15, -0.1) is 0 Å². The second-order valence-electron chi connectivity index (χ2n) is 3.83. The molecule has 1 aliphatic heterocycles. The number of aryl methyl sites for hydroxylation is 1. The van der Waals surface area contributed by atoms with Gasteiger partial charge >= 0.3 is 104 Å². The fraction of sp³-hybridized carbons (Fsp3) is 0.417. The first kappa shape index (κ1) is 11.6. The Hall–Kier alpha value is -0.831. The van der Waals surface area contributed by atoms with Crippen LogP contribution in [0.3, 0.4) is 0 Å². The molecule has 1 aromatic rings. The van der Waals surface area contributed by atoms with Gasteiger partial charge in [-0.05, 0) is 0 Å².